The van der Waals surface area contributed by atoms with Crippen molar-refractivity contribution < 1.29 is 0 Å². The van der Waals surface area contributed by atoms with E-state index in [2.05, 4.69) is 34.2 Å². The Hall–Kier alpha value is -2.58. The van der Waals surface area contributed by atoms with Crippen molar-refractivity contribution in [2.45, 2.75) is 17.8 Å². The van der Waals surface area contributed by atoms with Crippen LogP contribution in [0.4, 0.5) is 0 Å². The van der Waals surface area contributed by atoms with Gasteiger partial charge >= 0.3 is 0 Å². The SMILES string of the molecule is Cc1ccccc1-c1nc(SCc2cccc(C#N)c2)n[nH]1. The molecule has 3 aromatic rings. The number of aromatic amines is 1. The molecule has 1 aromatic heterocycles. The molecule has 0 aliphatic carbocycles. The number of benzene rings is 2. The third-order valence-corrected chi connectivity index (χ3v) is 4.21. The third-order valence-electron chi connectivity index (χ3n) is 3.29. The number of nitriles is 1. The normalized spacial score (nSPS) is 10.4. The Morgan fingerprint density at radius 2 is 2.05 bits per heavy atom. The Morgan fingerprint density at radius 1 is 1.18 bits per heavy atom. The van der Waals surface area contributed by atoms with Gasteiger partial charge in [-0.25, -0.2) is 4.98 Å². The summed E-state index contributed by atoms with van der Waals surface area (Å²) in [6, 6.07) is 17.8. The first-order valence-electron chi connectivity index (χ1n) is 6.86. The molecule has 2 aromatic carbocycles. The lowest BCUT2D eigenvalue weighted by molar-refractivity contribution is 0.973. The summed E-state index contributed by atoms with van der Waals surface area (Å²) in [4.78, 5) is 4.53. The predicted molar refractivity (Wildman–Crippen MR) is 87.3 cm³/mol. The van der Waals surface area contributed by atoms with E-state index in [1.165, 1.54) is 0 Å². The van der Waals surface area contributed by atoms with Gasteiger partial charge in [0.25, 0.3) is 0 Å². The van der Waals surface area contributed by atoms with Crippen LogP contribution >= 0.6 is 11.8 Å². The van der Waals surface area contributed by atoms with Crippen LogP contribution in [0.3, 0.4) is 0 Å². The molecule has 0 aliphatic heterocycles. The number of nitrogens with zero attached hydrogens (tertiary/aromatic N) is 3. The monoisotopic (exact) mass is 306 g/mol. The van der Waals surface area contributed by atoms with E-state index in [0.717, 1.165) is 28.3 Å². The predicted octanol–water partition coefficient (Wildman–Crippen LogP) is 3.94. The topological polar surface area (TPSA) is 65.4 Å². The fourth-order valence-electron chi connectivity index (χ4n) is 2.15. The zero-order chi connectivity index (χ0) is 15.4. The minimum atomic E-state index is 0.675. The van der Waals surface area contributed by atoms with E-state index in [-0.39, 0.29) is 0 Å². The Labute approximate surface area is 133 Å². The number of aromatic nitrogens is 3. The van der Waals surface area contributed by atoms with Gasteiger partial charge in [-0.05, 0) is 30.2 Å². The van der Waals surface area contributed by atoms with Crippen molar-refractivity contribution in [2.24, 2.45) is 0 Å². The highest BCUT2D eigenvalue weighted by Gasteiger charge is 2.08. The second-order valence-corrected chi connectivity index (χ2v) is 5.82. The first-order valence-corrected chi connectivity index (χ1v) is 7.85. The Balaban J connectivity index is 1.72. The van der Waals surface area contributed by atoms with Gasteiger partial charge in [-0.3, -0.25) is 5.10 Å². The quantitative estimate of drug-likeness (QED) is 0.741. The number of rotatable bonds is 4. The van der Waals surface area contributed by atoms with Crippen molar-refractivity contribution >= 4 is 11.8 Å². The molecule has 0 fully saturated rings. The second kappa shape index (κ2) is 6.46. The number of nitrogens with one attached hydrogen (secondary N) is 1. The molecule has 108 valence electrons. The van der Waals surface area contributed by atoms with Gasteiger partial charge in [0.2, 0.25) is 5.16 Å². The molecular weight excluding hydrogens is 292 g/mol. The van der Waals surface area contributed by atoms with Gasteiger partial charge in [0, 0.05) is 11.3 Å². The highest BCUT2D eigenvalue weighted by molar-refractivity contribution is 7.98. The van der Waals surface area contributed by atoms with E-state index >= 15 is 0 Å². The maximum Gasteiger partial charge on any atom is 0.209 e. The molecule has 0 bridgehead atoms. The van der Waals surface area contributed by atoms with E-state index in [1.807, 2.05) is 36.4 Å². The molecule has 0 atom stereocenters. The Kier molecular flexibility index (Phi) is 4.22. The smallest absolute Gasteiger partial charge is 0.209 e. The van der Waals surface area contributed by atoms with Crippen LogP contribution in [0.1, 0.15) is 16.7 Å². The van der Waals surface area contributed by atoms with Crippen LogP contribution < -0.4 is 0 Å². The summed E-state index contributed by atoms with van der Waals surface area (Å²) in [5.41, 5.74) is 3.99. The van der Waals surface area contributed by atoms with Gasteiger partial charge in [-0.2, -0.15) is 5.26 Å². The van der Waals surface area contributed by atoms with Crippen LogP contribution in [-0.4, -0.2) is 15.2 Å². The first kappa shape index (κ1) is 14.4. The fourth-order valence-corrected chi connectivity index (χ4v) is 2.89. The van der Waals surface area contributed by atoms with Gasteiger partial charge in [-0.15, -0.1) is 5.10 Å². The van der Waals surface area contributed by atoms with Crippen molar-refractivity contribution in [2.75, 3.05) is 0 Å². The standard InChI is InChI=1S/C17H14N4S/c1-12-5-2-3-8-15(12)16-19-17(21-20-16)22-11-14-7-4-6-13(9-14)10-18/h2-9H,11H2,1H3,(H,19,20,21). The number of thioether (sulfide) groups is 1. The highest BCUT2D eigenvalue weighted by Crippen LogP contribution is 2.24. The van der Waals surface area contributed by atoms with Crippen molar-refractivity contribution in [3.63, 3.8) is 0 Å². The van der Waals surface area contributed by atoms with E-state index in [0.29, 0.717) is 10.7 Å². The maximum absolute atomic E-state index is 8.92. The lowest BCUT2D eigenvalue weighted by Crippen LogP contribution is -1.85. The molecule has 0 unspecified atom stereocenters. The molecule has 1 heterocycles. The van der Waals surface area contributed by atoms with E-state index in [1.54, 1.807) is 17.8 Å². The van der Waals surface area contributed by atoms with Gasteiger partial charge in [0.1, 0.15) is 0 Å². The molecule has 22 heavy (non-hydrogen) atoms. The zero-order valence-electron chi connectivity index (χ0n) is 12.1. The lowest BCUT2D eigenvalue weighted by Gasteiger charge is -2.00. The number of hydrogen-bond donors (Lipinski definition) is 1. The molecule has 0 saturated heterocycles. The summed E-state index contributed by atoms with van der Waals surface area (Å²) in [6.07, 6.45) is 0. The van der Waals surface area contributed by atoms with Gasteiger partial charge < -0.3 is 0 Å². The molecule has 0 amide bonds. The molecule has 4 nitrogen and oxygen atoms in total. The van der Waals surface area contributed by atoms with Gasteiger partial charge in [0.05, 0.1) is 11.6 Å². The Morgan fingerprint density at radius 3 is 2.86 bits per heavy atom. The largest absolute Gasteiger partial charge is 0.258 e. The summed E-state index contributed by atoms with van der Waals surface area (Å²) >= 11 is 1.55. The second-order valence-electron chi connectivity index (χ2n) is 4.88. The van der Waals surface area contributed by atoms with Gasteiger partial charge in [-0.1, -0.05) is 48.2 Å². The first-order chi connectivity index (χ1) is 10.8. The van der Waals surface area contributed by atoms with Crippen LogP contribution in [0.2, 0.25) is 0 Å². The molecule has 5 heteroatoms. The molecule has 0 radical (unpaired) electrons. The van der Waals surface area contributed by atoms with Crippen LogP contribution in [-0.2, 0) is 5.75 Å². The van der Waals surface area contributed by atoms with Crippen molar-refractivity contribution in [1.29, 1.82) is 5.26 Å². The van der Waals surface area contributed by atoms with Gasteiger partial charge in [0.15, 0.2) is 5.82 Å². The molecule has 3 rings (SSSR count). The lowest BCUT2D eigenvalue weighted by atomic mass is 10.1. The third kappa shape index (κ3) is 3.18. The highest BCUT2D eigenvalue weighted by atomic mass is 32.2. The van der Waals surface area contributed by atoms with Crippen LogP contribution in [0.15, 0.2) is 53.7 Å². The van der Waals surface area contributed by atoms with Crippen molar-refractivity contribution in [3.05, 3.63) is 65.2 Å². The van der Waals surface area contributed by atoms with Crippen molar-refractivity contribution in [1.82, 2.24) is 15.2 Å². The minimum Gasteiger partial charge on any atom is -0.258 e. The number of hydrogen-bond acceptors (Lipinski definition) is 4. The van der Waals surface area contributed by atoms with E-state index in [4.69, 9.17) is 5.26 Å². The van der Waals surface area contributed by atoms with Crippen LogP contribution in [0.25, 0.3) is 11.4 Å². The summed E-state index contributed by atoms with van der Waals surface area (Å²) in [5.74, 6) is 1.52. The minimum absolute atomic E-state index is 0.675. The van der Waals surface area contributed by atoms with Crippen LogP contribution in [0, 0.1) is 18.3 Å². The average Bonchev–Trinajstić information content (AvgIpc) is 3.02. The summed E-state index contributed by atoms with van der Waals surface area (Å²) in [7, 11) is 0. The number of aryl methyl sites for hydroxylation is 1. The van der Waals surface area contributed by atoms with Crippen LogP contribution in [0.5, 0.6) is 0 Å². The van der Waals surface area contributed by atoms with Crippen molar-refractivity contribution in [3.8, 4) is 17.5 Å². The molecule has 0 saturated carbocycles. The summed E-state index contributed by atoms with van der Waals surface area (Å²) in [5, 5.41) is 16.9. The van der Waals surface area contributed by atoms with E-state index in [9.17, 15) is 0 Å². The molecule has 1 N–H and O–H groups in total. The average molecular weight is 306 g/mol. The molecular formula is C17H14N4S. The van der Waals surface area contributed by atoms with E-state index < -0.39 is 0 Å². The maximum atomic E-state index is 8.92. The zero-order valence-corrected chi connectivity index (χ0v) is 12.9. The summed E-state index contributed by atoms with van der Waals surface area (Å²) < 4.78 is 0. The molecule has 0 aliphatic rings. The fraction of sp³-hybridized carbons (Fsp3) is 0.118. The molecule has 0 spiro atoms. The Bertz CT molecular complexity index is 832. The summed E-state index contributed by atoms with van der Waals surface area (Å²) in [6.45, 7) is 2.05. The number of H-pyrrole nitrogens is 1.